The number of imidazole rings is 1. The maximum absolute atomic E-state index is 12.0. The van der Waals surface area contributed by atoms with Gasteiger partial charge in [0.1, 0.15) is 18.3 Å². The Morgan fingerprint density at radius 2 is 1.71 bits per heavy atom. The number of methoxy groups -OCH3 is 1. The van der Waals surface area contributed by atoms with Crippen molar-refractivity contribution in [2.45, 2.75) is 102 Å². The monoisotopic (exact) mass is 564 g/mol. The third-order valence-electron chi connectivity index (χ3n) is 7.81. The third-order valence-corrected chi connectivity index (χ3v) is 18.0. The number of nitrogens with two attached hydrogens (primary N) is 1. The molecule has 4 atom stereocenters. The predicted molar refractivity (Wildman–Crippen MR) is 145 cm³/mol. The first-order chi connectivity index (χ1) is 17.8. The van der Waals surface area contributed by atoms with E-state index in [0.29, 0.717) is 5.52 Å². The molecule has 2 fully saturated rings. The van der Waals surface area contributed by atoms with E-state index in [1.165, 1.54) is 18.0 Å². The van der Waals surface area contributed by atoms with Gasteiger partial charge in [-0.15, -0.1) is 0 Å². The summed E-state index contributed by atoms with van der Waals surface area (Å²) in [6, 6.07) is 2.09. The highest BCUT2D eigenvalue weighted by atomic mass is 28.5. The van der Waals surface area contributed by atoms with Gasteiger partial charge in [0.25, 0.3) is 0 Å². The number of nitriles is 1. The van der Waals surface area contributed by atoms with Gasteiger partial charge in [0.2, 0.25) is 17.4 Å². The Balaban J connectivity index is 1.88. The van der Waals surface area contributed by atoms with Gasteiger partial charge in [-0.2, -0.15) is 15.2 Å². The van der Waals surface area contributed by atoms with Crippen LogP contribution in [0.5, 0.6) is 5.88 Å². The highest BCUT2D eigenvalue weighted by Gasteiger charge is 2.66. The lowest BCUT2D eigenvalue weighted by Crippen LogP contribution is -2.67. The quantitative estimate of drug-likeness (QED) is 0.390. The highest BCUT2D eigenvalue weighted by molar-refractivity contribution is 6.84. The number of nitrogens with zero attached hydrogens (tertiary/aromatic N) is 5. The molecule has 3 N–H and O–H groups in total. The molecule has 38 heavy (non-hydrogen) atoms. The van der Waals surface area contributed by atoms with Crippen LogP contribution in [0.1, 0.15) is 61.6 Å². The van der Waals surface area contributed by atoms with Gasteiger partial charge < -0.3 is 33.3 Å². The molecule has 0 spiro atoms. The number of anilines is 1. The van der Waals surface area contributed by atoms with Crippen molar-refractivity contribution < 1.29 is 27.5 Å². The minimum Gasteiger partial charge on any atom is -0.479 e. The van der Waals surface area contributed by atoms with Gasteiger partial charge in [0.05, 0.1) is 20.0 Å². The van der Waals surface area contributed by atoms with Crippen LogP contribution >= 0.6 is 0 Å². The normalized spacial score (nSPS) is 29.0. The Hall–Kier alpha value is -2.13. The summed E-state index contributed by atoms with van der Waals surface area (Å²) in [5.41, 5.74) is 4.72. The Morgan fingerprint density at radius 3 is 2.24 bits per heavy atom. The summed E-state index contributed by atoms with van der Waals surface area (Å²) in [4.78, 5) is 12.7. The van der Waals surface area contributed by atoms with Crippen LogP contribution in [0.2, 0.25) is 22.2 Å². The lowest BCUT2D eigenvalue weighted by atomic mass is 9.96. The maximum atomic E-state index is 12.0. The van der Waals surface area contributed by atoms with Gasteiger partial charge in [0.15, 0.2) is 17.4 Å². The molecule has 12 nitrogen and oxygen atoms in total. The van der Waals surface area contributed by atoms with E-state index in [-0.39, 0.29) is 46.2 Å². The molecular formula is C24H40N6O6Si2. The number of aliphatic hydroxyl groups is 1. The molecule has 2 aliphatic rings. The second kappa shape index (κ2) is 10.1. The summed E-state index contributed by atoms with van der Waals surface area (Å²) < 4.78 is 34.1. The molecule has 2 aromatic heterocycles. The Morgan fingerprint density at radius 1 is 1.11 bits per heavy atom. The van der Waals surface area contributed by atoms with Crippen LogP contribution in [0.25, 0.3) is 11.2 Å². The van der Waals surface area contributed by atoms with Crippen molar-refractivity contribution in [2.24, 2.45) is 0 Å². The van der Waals surface area contributed by atoms with Crippen LogP contribution in [0, 0.1) is 11.3 Å². The van der Waals surface area contributed by atoms with Gasteiger partial charge in [-0.05, 0) is 22.2 Å². The summed E-state index contributed by atoms with van der Waals surface area (Å²) in [6.07, 6.45) is -1.53. The number of fused-ring (bicyclic) bond motifs is 2. The zero-order valence-corrected chi connectivity index (χ0v) is 25.6. The molecule has 4 heterocycles. The van der Waals surface area contributed by atoms with E-state index in [0.717, 1.165) is 0 Å². The topological polar surface area (TPSA) is 160 Å². The van der Waals surface area contributed by atoms with E-state index >= 15 is 0 Å². The van der Waals surface area contributed by atoms with Crippen molar-refractivity contribution >= 4 is 34.2 Å². The van der Waals surface area contributed by atoms with Crippen LogP contribution in [0.3, 0.4) is 0 Å². The minimum atomic E-state index is -3.11. The van der Waals surface area contributed by atoms with Gasteiger partial charge in [0, 0.05) is 0 Å². The SMILES string of the molecule is COc1nc(N)nc2c1ncn2[C@@H]1O[C@@H]2CO[Si](C(C)C)(C(C)C)O[Si](C(C)C)(C(C)C)O[C@H]2C1(O)C#N. The Labute approximate surface area is 225 Å². The van der Waals surface area contributed by atoms with E-state index in [9.17, 15) is 10.4 Å². The lowest BCUT2D eigenvalue weighted by molar-refractivity contribution is -0.0715. The molecule has 2 aromatic rings. The highest BCUT2D eigenvalue weighted by Crippen LogP contribution is 2.51. The molecule has 14 heteroatoms. The van der Waals surface area contributed by atoms with Gasteiger partial charge in [-0.25, -0.2) is 4.98 Å². The first-order valence-corrected chi connectivity index (χ1v) is 17.1. The number of aromatic nitrogens is 4. The minimum absolute atomic E-state index is 0.0158. The lowest BCUT2D eigenvalue weighted by Gasteiger charge is -2.51. The Bertz CT molecular complexity index is 1200. The molecule has 0 amide bonds. The van der Waals surface area contributed by atoms with Crippen molar-refractivity contribution in [1.29, 1.82) is 5.26 Å². The molecule has 4 rings (SSSR count). The molecule has 1 unspecified atom stereocenters. The largest absolute Gasteiger partial charge is 0.479 e. The summed E-state index contributed by atoms with van der Waals surface area (Å²) >= 11 is 0. The summed E-state index contributed by atoms with van der Waals surface area (Å²) in [7, 11) is -4.49. The summed E-state index contributed by atoms with van der Waals surface area (Å²) in [5, 5.41) is 22.4. The molecular weight excluding hydrogens is 524 g/mol. The van der Waals surface area contributed by atoms with Crippen molar-refractivity contribution in [3.05, 3.63) is 6.33 Å². The number of hydrogen-bond donors (Lipinski definition) is 2. The first kappa shape index (κ1) is 28.9. The maximum Gasteiger partial charge on any atom is 0.335 e. The van der Waals surface area contributed by atoms with E-state index < -0.39 is 41.2 Å². The zero-order chi connectivity index (χ0) is 28.2. The standard InChI is InChI=1S/C24H40N6O6Si2/c1-13(2)37(14(3)4)33-10-17-19(35-38(36-37,15(5)6)16(7)8)24(31,11-25)22(34-17)30-12-27-18-20(30)28-23(26)29-21(18)32-9/h12-17,19,22,31H,10H2,1-9H3,(H2,26,28,29)/t17-,19-,22-,24?/m1/s1. The number of nitrogen functional groups attached to an aromatic ring is 1. The van der Waals surface area contributed by atoms with Crippen molar-refractivity contribution in [1.82, 2.24) is 19.5 Å². The van der Waals surface area contributed by atoms with Gasteiger partial charge in [-0.1, -0.05) is 55.4 Å². The van der Waals surface area contributed by atoms with E-state index in [2.05, 4.69) is 76.4 Å². The second-order valence-corrected chi connectivity index (χ2v) is 20.2. The number of rotatable bonds is 6. The number of ether oxygens (including phenoxy) is 2. The fourth-order valence-corrected chi connectivity index (χ4v) is 17.0. The van der Waals surface area contributed by atoms with Crippen molar-refractivity contribution in [3.63, 3.8) is 0 Å². The van der Waals surface area contributed by atoms with Crippen LogP contribution in [-0.4, -0.2) is 73.3 Å². The molecule has 0 saturated carbocycles. The molecule has 0 bridgehead atoms. The fourth-order valence-electron chi connectivity index (χ4n) is 5.80. The Kier molecular flexibility index (Phi) is 7.69. The van der Waals surface area contributed by atoms with E-state index in [1.807, 2.05) is 0 Å². The van der Waals surface area contributed by atoms with Crippen LogP contribution in [0.15, 0.2) is 6.33 Å². The molecule has 0 radical (unpaired) electrons. The van der Waals surface area contributed by atoms with Crippen molar-refractivity contribution in [2.75, 3.05) is 19.5 Å². The fraction of sp³-hybridized carbons (Fsp3) is 0.750. The van der Waals surface area contributed by atoms with Gasteiger partial charge in [-0.3, -0.25) is 4.57 Å². The van der Waals surface area contributed by atoms with Crippen LogP contribution in [-0.2, 0) is 17.7 Å². The van der Waals surface area contributed by atoms with Gasteiger partial charge >= 0.3 is 17.1 Å². The van der Waals surface area contributed by atoms with Crippen molar-refractivity contribution in [3.8, 4) is 11.9 Å². The average Bonchev–Trinajstić information content (AvgIpc) is 3.36. The second-order valence-electron chi connectivity index (χ2n) is 11.4. The summed E-state index contributed by atoms with van der Waals surface area (Å²) in [6.45, 7) is 16.9. The van der Waals surface area contributed by atoms with Crippen LogP contribution < -0.4 is 10.5 Å². The average molecular weight is 565 g/mol. The molecule has 210 valence electrons. The molecule has 0 aliphatic carbocycles. The molecule has 0 aromatic carbocycles. The van der Waals surface area contributed by atoms with E-state index in [1.54, 1.807) is 0 Å². The molecule has 2 aliphatic heterocycles. The summed E-state index contributed by atoms with van der Waals surface area (Å²) in [5.74, 6) is 0.142. The zero-order valence-electron chi connectivity index (χ0n) is 23.6. The smallest absolute Gasteiger partial charge is 0.335 e. The van der Waals surface area contributed by atoms with E-state index in [4.69, 9.17) is 28.2 Å². The predicted octanol–water partition coefficient (Wildman–Crippen LogP) is 3.53. The molecule has 2 saturated heterocycles. The number of hydrogen-bond acceptors (Lipinski definition) is 11. The first-order valence-electron chi connectivity index (χ1n) is 13.1. The third kappa shape index (κ3) is 4.24. The van der Waals surface area contributed by atoms with Crippen LogP contribution in [0.4, 0.5) is 5.95 Å².